The molecule has 22 heteroatoms. The van der Waals surface area contributed by atoms with Gasteiger partial charge in [0, 0.05) is 0 Å². The summed E-state index contributed by atoms with van der Waals surface area (Å²) >= 11 is 0. The standard InChI is InChI=1S/C7H8N8O14/c16-9(17)5(10(18)19)1-6(11(20)21,12(22)23)3-8(2-5)4-7(13(24)25,14(26)27)15(28)29/h1-4H2. The van der Waals surface area contributed by atoms with Crippen LogP contribution in [0, 0.1) is 70.8 Å². The van der Waals surface area contributed by atoms with Gasteiger partial charge in [-0.3, -0.25) is 75.7 Å². The molecule has 0 N–H and O–H groups in total. The largest absolute Gasteiger partial charge is 0.712 e. The van der Waals surface area contributed by atoms with E-state index in [4.69, 9.17) is 0 Å². The van der Waals surface area contributed by atoms with E-state index < -0.39 is 77.6 Å². The van der Waals surface area contributed by atoms with Crippen LogP contribution < -0.4 is 0 Å². The van der Waals surface area contributed by atoms with Crippen LogP contribution in [0.5, 0.6) is 0 Å². The minimum atomic E-state index is -4.35. The lowest BCUT2D eigenvalue weighted by molar-refractivity contribution is -0.969. The number of hydrogen-bond acceptors (Lipinski definition) is 15. The molecule has 0 atom stereocenters. The third-order valence-corrected chi connectivity index (χ3v) is 4.19. The molecule has 0 amide bonds. The third-order valence-electron chi connectivity index (χ3n) is 4.19. The van der Waals surface area contributed by atoms with Crippen molar-refractivity contribution < 1.29 is 34.5 Å². The molecule has 0 radical (unpaired) electrons. The van der Waals surface area contributed by atoms with Crippen LogP contribution in [0.3, 0.4) is 0 Å². The number of rotatable bonds is 9. The highest BCUT2D eigenvalue weighted by Crippen LogP contribution is 2.35. The molecule has 0 bridgehead atoms. The topological polar surface area (TPSA) is 305 Å². The maximum Gasteiger partial charge on any atom is 0.712 e. The highest BCUT2D eigenvalue weighted by atomic mass is 16.7. The fourth-order valence-corrected chi connectivity index (χ4v) is 2.74. The normalized spacial score (nSPS) is 18.3. The maximum absolute atomic E-state index is 11.3. The predicted molar refractivity (Wildman–Crippen MR) is 78.2 cm³/mol. The van der Waals surface area contributed by atoms with E-state index in [9.17, 15) is 70.8 Å². The summed E-state index contributed by atoms with van der Waals surface area (Å²) in [6.07, 6.45) is -1.92. The summed E-state index contributed by atoms with van der Waals surface area (Å²) in [5, 5.41) is 78.0. The van der Waals surface area contributed by atoms with Gasteiger partial charge in [-0.05, 0) is 0 Å². The predicted octanol–water partition coefficient (Wildman–Crippen LogP) is -2.32. The van der Waals surface area contributed by atoms with Crippen LogP contribution in [-0.2, 0) is 0 Å². The second-order valence-corrected chi connectivity index (χ2v) is 5.86. The zero-order valence-corrected chi connectivity index (χ0v) is 13.6. The van der Waals surface area contributed by atoms with Gasteiger partial charge in [0.05, 0.1) is 0 Å². The molecule has 1 heterocycles. The lowest BCUT2D eigenvalue weighted by Crippen LogP contribution is -2.73. The molecular formula is C7H8N8O14. The molecule has 1 saturated heterocycles. The number of nitro groups is 7. The fourth-order valence-electron chi connectivity index (χ4n) is 2.74. The first-order chi connectivity index (χ1) is 13.1. The number of likely N-dealkylation sites (tertiary alicyclic amines) is 1. The second kappa shape index (κ2) is 7.06. The van der Waals surface area contributed by atoms with Gasteiger partial charge in [-0.2, -0.15) is 0 Å². The van der Waals surface area contributed by atoms with Crippen LogP contribution >= 0.6 is 0 Å². The Bertz CT molecular complexity index is 719. The van der Waals surface area contributed by atoms with Gasteiger partial charge in [0.2, 0.25) is 13.0 Å². The molecule has 29 heavy (non-hydrogen) atoms. The molecule has 0 saturated carbocycles. The first-order valence-electron chi connectivity index (χ1n) is 6.84. The fraction of sp³-hybridized carbons (Fsp3) is 1.00. The molecular weight excluding hydrogens is 420 g/mol. The van der Waals surface area contributed by atoms with E-state index in [1.807, 2.05) is 0 Å². The van der Waals surface area contributed by atoms with Crippen molar-refractivity contribution in [1.29, 1.82) is 0 Å². The SMILES string of the molecule is O=[N+]([O-])C1([N+](=O)[O-])CN(CC([N+](=O)[O-])([N+](=O)[O-])[N+](=O)[O-])CC([N+](=O)[O-])([N+](=O)[O-])C1. The Morgan fingerprint density at radius 3 is 1.10 bits per heavy atom. The van der Waals surface area contributed by atoms with Gasteiger partial charge in [0.1, 0.15) is 32.8 Å². The van der Waals surface area contributed by atoms with Crippen molar-refractivity contribution in [3.63, 3.8) is 0 Å². The van der Waals surface area contributed by atoms with E-state index in [1.54, 1.807) is 0 Å². The zero-order valence-electron chi connectivity index (χ0n) is 13.6. The van der Waals surface area contributed by atoms with Gasteiger partial charge in [0.15, 0.2) is 14.8 Å². The molecule has 0 spiro atoms. The van der Waals surface area contributed by atoms with Crippen LogP contribution in [0.15, 0.2) is 0 Å². The first-order valence-corrected chi connectivity index (χ1v) is 6.84. The Morgan fingerprint density at radius 2 is 0.897 bits per heavy atom. The molecule has 1 aliphatic heterocycles. The van der Waals surface area contributed by atoms with E-state index in [0.717, 1.165) is 0 Å². The first kappa shape index (κ1) is 22.8. The lowest BCUT2D eigenvalue weighted by Gasteiger charge is -2.33. The summed E-state index contributed by atoms with van der Waals surface area (Å²) in [6.45, 7) is -5.35. The molecule has 1 rings (SSSR count). The van der Waals surface area contributed by atoms with Crippen LogP contribution in [0.1, 0.15) is 6.42 Å². The maximum atomic E-state index is 11.3. The lowest BCUT2D eigenvalue weighted by atomic mass is 9.90. The molecule has 1 fully saturated rings. The highest BCUT2D eigenvalue weighted by Gasteiger charge is 2.80. The Morgan fingerprint density at radius 1 is 0.621 bits per heavy atom. The molecule has 0 aromatic heterocycles. The van der Waals surface area contributed by atoms with Gasteiger partial charge < -0.3 is 0 Å². The van der Waals surface area contributed by atoms with Gasteiger partial charge >= 0.3 is 17.1 Å². The van der Waals surface area contributed by atoms with Crippen molar-refractivity contribution in [2.75, 3.05) is 19.6 Å². The number of piperidine rings is 1. The molecule has 0 aromatic carbocycles. The average molecular weight is 428 g/mol. The van der Waals surface area contributed by atoms with E-state index in [1.165, 1.54) is 0 Å². The van der Waals surface area contributed by atoms with Gasteiger partial charge in [-0.1, -0.05) is 0 Å². The van der Waals surface area contributed by atoms with Crippen molar-refractivity contribution in [3.8, 4) is 0 Å². The summed E-state index contributed by atoms with van der Waals surface area (Å²) in [6, 6.07) is 0. The minimum Gasteiger partial charge on any atom is -0.258 e. The highest BCUT2D eigenvalue weighted by molar-refractivity contribution is 4.91. The Kier molecular flexibility index (Phi) is 5.55. The van der Waals surface area contributed by atoms with E-state index in [0.29, 0.717) is 0 Å². The number of hydrogen-bond donors (Lipinski definition) is 0. The van der Waals surface area contributed by atoms with Gasteiger partial charge in [-0.25, -0.2) is 0 Å². The molecule has 0 aliphatic carbocycles. The molecule has 22 nitrogen and oxygen atoms in total. The summed E-state index contributed by atoms with van der Waals surface area (Å²) in [5.74, 6) is -4.35. The monoisotopic (exact) mass is 428 g/mol. The Balaban J connectivity index is 3.71. The van der Waals surface area contributed by atoms with Gasteiger partial charge in [0.25, 0.3) is 0 Å². The van der Waals surface area contributed by atoms with Crippen molar-refractivity contribution in [1.82, 2.24) is 4.90 Å². The van der Waals surface area contributed by atoms with Crippen molar-refractivity contribution in [3.05, 3.63) is 70.8 Å². The molecule has 0 aromatic rings. The quantitative estimate of drug-likeness (QED) is 0.211. The molecule has 0 unspecified atom stereocenters. The van der Waals surface area contributed by atoms with E-state index in [-0.39, 0.29) is 4.90 Å². The molecule has 160 valence electrons. The molecule has 1 aliphatic rings. The second-order valence-electron chi connectivity index (χ2n) is 5.86. The van der Waals surface area contributed by atoms with Crippen molar-refractivity contribution in [2.45, 2.75) is 23.5 Å². The van der Waals surface area contributed by atoms with Crippen LogP contribution in [0.25, 0.3) is 0 Å². The average Bonchev–Trinajstić information content (AvgIpc) is 2.57. The third kappa shape index (κ3) is 3.26. The Hall–Kier alpha value is -4.24. The summed E-state index contributed by atoms with van der Waals surface area (Å²) < 4.78 is 0. The van der Waals surface area contributed by atoms with Crippen molar-refractivity contribution in [2.24, 2.45) is 0 Å². The van der Waals surface area contributed by atoms with Crippen molar-refractivity contribution >= 4 is 0 Å². The Labute approximate surface area is 154 Å². The van der Waals surface area contributed by atoms with Crippen LogP contribution in [0.4, 0.5) is 0 Å². The minimum absolute atomic E-state index is 0.144. The van der Waals surface area contributed by atoms with Gasteiger partial charge in [-0.15, -0.1) is 0 Å². The van der Waals surface area contributed by atoms with Crippen LogP contribution in [-0.4, -0.2) is 76.1 Å². The summed E-state index contributed by atoms with van der Waals surface area (Å²) in [5.41, 5.74) is -7.40. The van der Waals surface area contributed by atoms with E-state index >= 15 is 0 Å². The number of nitrogens with zero attached hydrogens (tertiary/aromatic N) is 8. The van der Waals surface area contributed by atoms with Crippen LogP contribution in [0.2, 0.25) is 0 Å². The summed E-state index contributed by atoms with van der Waals surface area (Å²) in [4.78, 5) is 64.8. The van der Waals surface area contributed by atoms with E-state index in [2.05, 4.69) is 0 Å². The zero-order chi connectivity index (χ0) is 22.9. The summed E-state index contributed by atoms with van der Waals surface area (Å²) in [7, 11) is 0. The smallest absolute Gasteiger partial charge is 0.258 e.